The van der Waals surface area contributed by atoms with Gasteiger partial charge < -0.3 is 24.8 Å². The molecule has 1 heterocycles. The average molecular weight is 192 g/mol. The lowest BCUT2D eigenvalue weighted by Gasteiger charge is -2.39. The Hall–Kier alpha value is -0.200. The van der Waals surface area contributed by atoms with Gasteiger partial charge in [-0.3, -0.25) is 0 Å². The van der Waals surface area contributed by atoms with Gasteiger partial charge >= 0.3 is 0 Å². The first-order chi connectivity index (χ1) is 6.11. The van der Waals surface area contributed by atoms with E-state index in [-0.39, 0.29) is 6.10 Å². The Balaban J connectivity index is 2.69. The molecule has 1 aliphatic heterocycles. The topological polar surface area (TPSA) is 79.2 Å². The molecule has 0 amide bonds. The smallest absolute Gasteiger partial charge is 0.183 e. The van der Waals surface area contributed by atoms with Crippen LogP contribution in [-0.2, 0) is 9.47 Å². The van der Waals surface area contributed by atoms with Crippen molar-refractivity contribution in [1.82, 2.24) is 0 Å². The van der Waals surface area contributed by atoms with E-state index in [4.69, 9.17) is 9.47 Å². The lowest BCUT2D eigenvalue weighted by atomic mass is 9.97. The summed E-state index contributed by atoms with van der Waals surface area (Å²) in [6.07, 6.45) is -4.07. The summed E-state index contributed by atoms with van der Waals surface area (Å²) in [6, 6.07) is 0. The van der Waals surface area contributed by atoms with Crippen molar-refractivity contribution in [3.8, 4) is 0 Å². The summed E-state index contributed by atoms with van der Waals surface area (Å²) in [5.41, 5.74) is 0. The van der Waals surface area contributed by atoms with Gasteiger partial charge in [0.05, 0.1) is 6.10 Å². The van der Waals surface area contributed by atoms with E-state index in [2.05, 4.69) is 0 Å². The summed E-state index contributed by atoms with van der Waals surface area (Å²) < 4.78 is 10.0. The molecular formula is C8H16O5. The summed E-state index contributed by atoms with van der Waals surface area (Å²) in [5, 5.41) is 27.9. The zero-order valence-corrected chi connectivity index (χ0v) is 7.75. The van der Waals surface area contributed by atoms with Crippen molar-refractivity contribution < 1.29 is 24.8 Å². The largest absolute Gasteiger partial charge is 0.387 e. The maximum Gasteiger partial charge on any atom is 0.183 e. The van der Waals surface area contributed by atoms with Crippen LogP contribution < -0.4 is 0 Å². The molecule has 1 rings (SSSR count). The SMILES string of the molecule is CC[C@@H]1OC(O)C(O)C(O)C1OC. The normalized spacial score (nSPS) is 46.4. The molecule has 13 heavy (non-hydrogen) atoms. The first-order valence-electron chi connectivity index (χ1n) is 4.34. The van der Waals surface area contributed by atoms with E-state index in [1.165, 1.54) is 7.11 Å². The Morgan fingerprint density at radius 2 is 1.85 bits per heavy atom. The standard InChI is InChI=1S/C8H16O5/c1-3-4-7(12-2)5(9)6(10)8(11)13-4/h4-11H,3H2,1-2H3/t4-,5?,6?,7?,8?/m0/s1. The van der Waals surface area contributed by atoms with Gasteiger partial charge in [0.1, 0.15) is 18.3 Å². The average Bonchev–Trinajstić information content (AvgIpc) is 2.13. The van der Waals surface area contributed by atoms with Crippen molar-refractivity contribution in [2.24, 2.45) is 0 Å². The van der Waals surface area contributed by atoms with Gasteiger partial charge in [-0.15, -0.1) is 0 Å². The second-order valence-corrected chi connectivity index (χ2v) is 3.15. The van der Waals surface area contributed by atoms with Gasteiger partial charge in [0.25, 0.3) is 0 Å². The van der Waals surface area contributed by atoms with Crippen LogP contribution in [0, 0.1) is 0 Å². The molecule has 4 unspecified atom stereocenters. The first kappa shape index (κ1) is 10.9. The monoisotopic (exact) mass is 192 g/mol. The van der Waals surface area contributed by atoms with E-state index in [0.717, 1.165) is 0 Å². The maximum absolute atomic E-state index is 9.49. The predicted octanol–water partition coefficient (Wildman–Crippen LogP) is -1.15. The van der Waals surface area contributed by atoms with Gasteiger partial charge in [-0.05, 0) is 6.42 Å². The Bertz CT molecular complexity index is 161. The highest BCUT2D eigenvalue weighted by atomic mass is 16.6. The zero-order valence-electron chi connectivity index (χ0n) is 7.75. The van der Waals surface area contributed by atoms with Crippen LogP contribution in [-0.4, -0.2) is 53.1 Å². The number of hydrogen-bond acceptors (Lipinski definition) is 5. The molecule has 1 fully saturated rings. The molecule has 0 bridgehead atoms. The minimum absolute atomic E-state index is 0.376. The Morgan fingerprint density at radius 3 is 2.31 bits per heavy atom. The lowest BCUT2D eigenvalue weighted by Crippen LogP contribution is -2.57. The van der Waals surface area contributed by atoms with E-state index in [1.807, 2.05) is 6.92 Å². The van der Waals surface area contributed by atoms with Crippen molar-refractivity contribution in [1.29, 1.82) is 0 Å². The second-order valence-electron chi connectivity index (χ2n) is 3.15. The Labute approximate surface area is 76.9 Å². The van der Waals surface area contributed by atoms with E-state index < -0.39 is 24.6 Å². The third-order valence-corrected chi connectivity index (χ3v) is 2.33. The molecule has 0 aromatic rings. The van der Waals surface area contributed by atoms with Crippen molar-refractivity contribution in [2.45, 2.75) is 44.1 Å². The molecule has 0 saturated carbocycles. The number of rotatable bonds is 2. The predicted molar refractivity (Wildman–Crippen MR) is 44.0 cm³/mol. The van der Waals surface area contributed by atoms with Crippen LogP contribution in [0.25, 0.3) is 0 Å². The van der Waals surface area contributed by atoms with Crippen LogP contribution in [0.15, 0.2) is 0 Å². The van der Waals surface area contributed by atoms with Crippen LogP contribution in [0.1, 0.15) is 13.3 Å². The molecule has 0 aromatic carbocycles. The highest BCUT2D eigenvalue weighted by molar-refractivity contribution is 4.88. The third kappa shape index (κ3) is 2.00. The van der Waals surface area contributed by atoms with Crippen molar-refractivity contribution in [2.75, 3.05) is 7.11 Å². The lowest BCUT2D eigenvalue weighted by molar-refractivity contribution is -0.285. The highest BCUT2D eigenvalue weighted by Crippen LogP contribution is 2.23. The Morgan fingerprint density at radius 1 is 1.23 bits per heavy atom. The van der Waals surface area contributed by atoms with Crippen molar-refractivity contribution in [3.63, 3.8) is 0 Å². The van der Waals surface area contributed by atoms with Crippen LogP contribution >= 0.6 is 0 Å². The molecule has 0 aromatic heterocycles. The van der Waals surface area contributed by atoms with E-state index in [1.54, 1.807) is 0 Å². The van der Waals surface area contributed by atoms with Gasteiger partial charge in [-0.25, -0.2) is 0 Å². The number of hydrogen-bond donors (Lipinski definition) is 3. The Kier molecular flexibility index (Phi) is 3.63. The summed E-state index contributed by atoms with van der Waals surface area (Å²) in [4.78, 5) is 0. The number of methoxy groups -OCH3 is 1. The minimum Gasteiger partial charge on any atom is -0.387 e. The van der Waals surface area contributed by atoms with Gasteiger partial charge in [-0.1, -0.05) is 6.92 Å². The molecule has 0 spiro atoms. The molecule has 1 saturated heterocycles. The van der Waals surface area contributed by atoms with E-state index >= 15 is 0 Å². The number of aliphatic hydroxyl groups is 3. The quantitative estimate of drug-likeness (QED) is 0.515. The van der Waals surface area contributed by atoms with Crippen molar-refractivity contribution >= 4 is 0 Å². The molecule has 5 nitrogen and oxygen atoms in total. The maximum atomic E-state index is 9.49. The number of ether oxygens (including phenoxy) is 2. The second kappa shape index (κ2) is 4.34. The molecule has 0 radical (unpaired) electrons. The zero-order chi connectivity index (χ0) is 10.0. The third-order valence-electron chi connectivity index (χ3n) is 2.33. The molecule has 5 heteroatoms. The minimum atomic E-state index is -1.33. The highest BCUT2D eigenvalue weighted by Gasteiger charge is 2.43. The van der Waals surface area contributed by atoms with E-state index in [0.29, 0.717) is 6.42 Å². The molecule has 3 N–H and O–H groups in total. The fourth-order valence-electron chi connectivity index (χ4n) is 1.54. The van der Waals surface area contributed by atoms with Crippen molar-refractivity contribution in [3.05, 3.63) is 0 Å². The first-order valence-corrected chi connectivity index (χ1v) is 4.34. The fraction of sp³-hybridized carbons (Fsp3) is 1.00. The van der Waals surface area contributed by atoms with E-state index in [9.17, 15) is 15.3 Å². The molecule has 78 valence electrons. The fourth-order valence-corrected chi connectivity index (χ4v) is 1.54. The van der Waals surface area contributed by atoms with Gasteiger partial charge in [0.2, 0.25) is 0 Å². The van der Waals surface area contributed by atoms with Crippen LogP contribution in [0.3, 0.4) is 0 Å². The molecule has 0 aliphatic carbocycles. The van der Waals surface area contributed by atoms with Gasteiger partial charge in [0.15, 0.2) is 6.29 Å². The summed E-state index contributed by atoms with van der Waals surface area (Å²) >= 11 is 0. The van der Waals surface area contributed by atoms with Crippen LogP contribution in [0.2, 0.25) is 0 Å². The van der Waals surface area contributed by atoms with Crippen LogP contribution in [0.5, 0.6) is 0 Å². The van der Waals surface area contributed by atoms with Gasteiger partial charge in [-0.2, -0.15) is 0 Å². The van der Waals surface area contributed by atoms with Crippen LogP contribution in [0.4, 0.5) is 0 Å². The molecular weight excluding hydrogens is 176 g/mol. The number of aliphatic hydroxyl groups excluding tert-OH is 3. The summed E-state index contributed by atoms with van der Waals surface area (Å²) in [6.45, 7) is 1.85. The molecule has 5 atom stereocenters. The summed E-state index contributed by atoms with van der Waals surface area (Å²) in [5.74, 6) is 0. The summed E-state index contributed by atoms with van der Waals surface area (Å²) in [7, 11) is 1.43. The van der Waals surface area contributed by atoms with Gasteiger partial charge in [0, 0.05) is 7.11 Å². The molecule has 1 aliphatic rings.